The van der Waals surface area contributed by atoms with Gasteiger partial charge in [0.25, 0.3) is 0 Å². The SMILES string of the molecule is c1ccc(-c2ccc(-c3ccc(N(c4ccc(-c5cccc6c5oc5ccccc56)cc4)c4ccccc4-c4ccccc4-c4ccc(-c5ccccc5)cc4-c4ccccc4)cc3)cc2)cc1. The highest BCUT2D eigenvalue weighted by molar-refractivity contribution is 6.09. The lowest BCUT2D eigenvalue weighted by Crippen LogP contribution is -2.11. The van der Waals surface area contributed by atoms with Gasteiger partial charge in [-0.25, -0.2) is 0 Å². The fourth-order valence-electron chi connectivity index (χ4n) is 9.78. The van der Waals surface area contributed by atoms with Crippen LogP contribution in [0.3, 0.4) is 0 Å². The lowest BCUT2D eigenvalue weighted by molar-refractivity contribution is 0.670. The standard InChI is InChI=1S/C66H45NO/c1-4-17-46(18-5-1)48-31-33-49(34-32-48)50-35-40-54(41-36-50)67(55-42-37-52(38-43-55)56-27-16-28-62-61-26-13-15-30-65(61)68-66(56)62)64-29-14-12-25-60(64)58-24-11-10-23-57(58)59-44-39-53(47-19-6-2-7-20-47)45-63(59)51-21-8-3-9-22-51/h1-45H. The molecule has 0 aliphatic carbocycles. The Morgan fingerprint density at radius 1 is 0.235 bits per heavy atom. The molecule has 0 unspecified atom stereocenters. The molecular formula is C66H45NO. The zero-order chi connectivity index (χ0) is 45.2. The van der Waals surface area contributed by atoms with E-state index in [1.165, 1.54) is 50.1 Å². The van der Waals surface area contributed by atoms with E-state index in [0.29, 0.717) is 0 Å². The van der Waals surface area contributed by atoms with E-state index in [-0.39, 0.29) is 0 Å². The van der Waals surface area contributed by atoms with E-state index in [1.54, 1.807) is 0 Å². The molecule has 0 saturated carbocycles. The van der Waals surface area contributed by atoms with Crippen LogP contribution < -0.4 is 4.90 Å². The first-order valence-corrected chi connectivity index (χ1v) is 23.2. The van der Waals surface area contributed by atoms with Gasteiger partial charge >= 0.3 is 0 Å². The Balaban J connectivity index is 0.988. The Bertz CT molecular complexity index is 3690. The molecule has 2 heteroatoms. The van der Waals surface area contributed by atoms with Crippen LogP contribution in [-0.4, -0.2) is 0 Å². The molecular weight excluding hydrogens is 823 g/mol. The number of nitrogens with zero attached hydrogens (tertiary/aromatic N) is 1. The Kier molecular flexibility index (Phi) is 10.6. The number of benzene rings is 11. The minimum Gasteiger partial charge on any atom is -0.455 e. The Morgan fingerprint density at radius 3 is 1.26 bits per heavy atom. The largest absolute Gasteiger partial charge is 0.455 e. The molecule has 11 aromatic carbocycles. The molecule has 0 aliphatic rings. The lowest BCUT2D eigenvalue weighted by atomic mass is 9.87. The van der Waals surface area contributed by atoms with E-state index in [4.69, 9.17) is 4.42 Å². The van der Waals surface area contributed by atoms with Crippen molar-refractivity contribution < 1.29 is 4.42 Å². The maximum atomic E-state index is 6.50. The van der Waals surface area contributed by atoms with Crippen LogP contribution in [-0.2, 0) is 0 Å². The number of hydrogen-bond acceptors (Lipinski definition) is 2. The second-order valence-corrected chi connectivity index (χ2v) is 17.2. The van der Waals surface area contributed by atoms with E-state index in [0.717, 1.165) is 66.8 Å². The summed E-state index contributed by atoms with van der Waals surface area (Å²) < 4.78 is 6.50. The first-order valence-electron chi connectivity index (χ1n) is 23.2. The molecule has 0 atom stereocenters. The van der Waals surface area contributed by atoms with Gasteiger partial charge in [0.15, 0.2) is 0 Å². The fraction of sp³-hybridized carbons (Fsp3) is 0. The molecule has 0 fully saturated rings. The predicted molar refractivity (Wildman–Crippen MR) is 286 cm³/mol. The van der Waals surface area contributed by atoms with Crippen LogP contribution in [0.1, 0.15) is 0 Å². The topological polar surface area (TPSA) is 16.4 Å². The molecule has 0 spiro atoms. The average molecular weight is 868 g/mol. The zero-order valence-electron chi connectivity index (χ0n) is 37.3. The van der Waals surface area contributed by atoms with Crippen molar-refractivity contribution in [3.05, 3.63) is 273 Å². The number of anilines is 3. The zero-order valence-corrected chi connectivity index (χ0v) is 37.3. The molecule has 68 heavy (non-hydrogen) atoms. The summed E-state index contributed by atoms with van der Waals surface area (Å²) in [5.41, 5.74) is 21.3. The van der Waals surface area contributed by atoms with Crippen molar-refractivity contribution in [3.63, 3.8) is 0 Å². The quantitative estimate of drug-likeness (QED) is 0.136. The van der Waals surface area contributed by atoms with E-state index in [2.05, 4.69) is 266 Å². The molecule has 320 valence electrons. The molecule has 0 radical (unpaired) electrons. The average Bonchev–Trinajstić information content (AvgIpc) is 3.81. The maximum Gasteiger partial charge on any atom is 0.143 e. The summed E-state index contributed by atoms with van der Waals surface area (Å²) >= 11 is 0. The van der Waals surface area contributed by atoms with E-state index in [1.807, 2.05) is 12.1 Å². The highest BCUT2D eigenvalue weighted by Crippen LogP contribution is 2.47. The summed E-state index contributed by atoms with van der Waals surface area (Å²) in [5.74, 6) is 0. The van der Waals surface area contributed by atoms with Crippen LogP contribution in [0.2, 0.25) is 0 Å². The van der Waals surface area contributed by atoms with Crippen LogP contribution in [0.4, 0.5) is 17.1 Å². The number of fused-ring (bicyclic) bond motifs is 3. The van der Waals surface area contributed by atoms with Crippen molar-refractivity contribution in [1.29, 1.82) is 0 Å². The first kappa shape index (κ1) is 40.5. The van der Waals surface area contributed by atoms with Crippen molar-refractivity contribution in [3.8, 4) is 77.9 Å². The van der Waals surface area contributed by atoms with Crippen LogP contribution in [0.25, 0.3) is 99.8 Å². The van der Waals surface area contributed by atoms with Gasteiger partial charge in [0, 0.05) is 33.3 Å². The van der Waals surface area contributed by atoms with Gasteiger partial charge in [-0.1, -0.05) is 231 Å². The van der Waals surface area contributed by atoms with Gasteiger partial charge in [-0.05, 0) is 109 Å². The minimum absolute atomic E-state index is 0.897. The number of hydrogen-bond donors (Lipinski definition) is 0. The van der Waals surface area contributed by atoms with E-state index >= 15 is 0 Å². The molecule has 0 N–H and O–H groups in total. The maximum absolute atomic E-state index is 6.50. The third-order valence-corrected chi connectivity index (χ3v) is 13.2. The van der Waals surface area contributed by atoms with Crippen LogP contribution >= 0.6 is 0 Å². The Hall–Kier alpha value is -8.98. The second-order valence-electron chi connectivity index (χ2n) is 17.2. The molecule has 12 aromatic rings. The molecule has 0 saturated heterocycles. The van der Waals surface area contributed by atoms with Gasteiger partial charge in [-0.15, -0.1) is 0 Å². The summed E-state index contributed by atoms with van der Waals surface area (Å²) in [7, 11) is 0. The number of para-hydroxylation sites is 3. The van der Waals surface area contributed by atoms with Gasteiger partial charge in [-0.3, -0.25) is 0 Å². The van der Waals surface area contributed by atoms with Gasteiger partial charge in [-0.2, -0.15) is 0 Å². The van der Waals surface area contributed by atoms with Crippen LogP contribution in [0, 0.1) is 0 Å². The van der Waals surface area contributed by atoms with Crippen LogP contribution in [0.15, 0.2) is 277 Å². The van der Waals surface area contributed by atoms with E-state index < -0.39 is 0 Å². The molecule has 1 heterocycles. The molecule has 12 rings (SSSR count). The molecule has 0 bridgehead atoms. The van der Waals surface area contributed by atoms with Crippen molar-refractivity contribution >= 4 is 39.0 Å². The number of rotatable bonds is 10. The third-order valence-electron chi connectivity index (χ3n) is 13.2. The smallest absolute Gasteiger partial charge is 0.143 e. The third kappa shape index (κ3) is 7.64. The van der Waals surface area contributed by atoms with Gasteiger partial charge in [0.05, 0.1) is 5.69 Å². The van der Waals surface area contributed by atoms with Crippen molar-refractivity contribution in [2.75, 3.05) is 4.90 Å². The molecule has 0 amide bonds. The molecule has 1 aromatic heterocycles. The summed E-state index contributed by atoms with van der Waals surface area (Å²) in [6.07, 6.45) is 0. The van der Waals surface area contributed by atoms with Gasteiger partial charge in [0.2, 0.25) is 0 Å². The van der Waals surface area contributed by atoms with Gasteiger partial charge in [0.1, 0.15) is 11.2 Å². The highest BCUT2D eigenvalue weighted by Gasteiger charge is 2.21. The second kappa shape index (κ2) is 17.8. The predicted octanol–water partition coefficient (Wildman–Crippen LogP) is 18.7. The van der Waals surface area contributed by atoms with Crippen molar-refractivity contribution in [2.24, 2.45) is 0 Å². The highest BCUT2D eigenvalue weighted by atomic mass is 16.3. The minimum atomic E-state index is 0.897. The summed E-state index contributed by atoms with van der Waals surface area (Å²) in [5, 5.41) is 2.25. The first-order chi connectivity index (χ1) is 33.7. The normalized spacial score (nSPS) is 11.2. The van der Waals surface area contributed by atoms with Crippen molar-refractivity contribution in [1.82, 2.24) is 0 Å². The molecule has 2 nitrogen and oxygen atoms in total. The Labute approximate surface area is 397 Å². The Morgan fingerprint density at radius 2 is 0.632 bits per heavy atom. The monoisotopic (exact) mass is 867 g/mol. The summed E-state index contributed by atoms with van der Waals surface area (Å²) in [6, 6.07) is 98.1. The van der Waals surface area contributed by atoms with E-state index in [9.17, 15) is 0 Å². The summed E-state index contributed by atoms with van der Waals surface area (Å²) in [4.78, 5) is 2.40. The van der Waals surface area contributed by atoms with Crippen molar-refractivity contribution in [2.45, 2.75) is 0 Å². The lowest BCUT2D eigenvalue weighted by Gasteiger charge is -2.29. The van der Waals surface area contributed by atoms with Gasteiger partial charge < -0.3 is 9.32 Å². The summed E-state index contributed by atoms with van der Waals surface area (Å²) in [6.45, 7) is 0. The van der Waals surface area contributed by atoms with Crippen LogP contribution in [0.5, 0.6) is 0 Å². The molecule has 0 aliphatic heterocycles. The number of furan rings is 1. The fourth-order valence-corrected chi connectivity index (χ4v) is 9.78.